The quantitative estimate of drug-likeness (QED) is 0.643. The van der Waals surface area contributed by atoms with Crippen molar-refractivity contribution < 1.29 is 32.7 Å². The maximum absolute atomic E-state index is 2.18. The SMILES string of the molecule is CCc1ccc(C)cc1.[CH3-].[Y]. The van der Waals surface area contributed by atoms with Gasteiger partial charge in [0, 0.05) is 32.7 Å². The van der Waals surface area contributed by atoms with Crippen LogP contribution in [0.3, 0.4) is 0 Å². The molecule has 0 amide bonds. The Bertz CT molecular complexity index is 177. The van der Waals surface area contributed by atoms with Gasteiger partial charge in [0.25, 0.3) is 0 Å². The van der Waals surface area contributed by atoms with Crippen LogP contribution in [0, 0.1) is 14.4 Å². The Morgan fingerprint density at radius 2 is 1.55 bits per heavy atom. The fourth-order valence-electron chi connectivity index (χ4n) is 0.824. The fraction of sp³-hybridized carbons (Fsp3) is 0.300. The van der Waals surface area contributed by atoms with Crippen LogP contribution in [0.25, 0.3) is 0 Å². The third-order valence-corrected chi connectivity index (χ3v) is 1.53. The van der Waals surface area contributed by atoms with Crippen molar-refractivity contribution in [3.05, 3.63) is 42.8 Å². The minimum Gasteiger partial charge on any atom is -0.358 e. The minimum absolute atomic E-state index is 0. The molecule has 0 aliphatic carbocycles. The first kappa shape index (κ1) is 13.9. The zero-order chi connectivity index (χ0) is 6.69. The minimum atomic E-state index is 0. The number of aryl methyl sites for hydroxylation is 2. The van der Waals surface area contributed by atoms with E-state index < -0.39 is 0 Å². The Labute approximate surface area is 95.3 Å². The molecule has 1 aromatic carbocycles. The van der Waals surface area contributed by atoms with E-state index in [2.05, 4.69) is 38.1 Å². The Hall–Kier alpha value is 0.324. The first-order valence-corrected chi connectivity index (χ1v) is 3.38. The maximum atomic E-state index is 2.18. The number of hydrogen-bond acceptors (Lipinski definition) is 0. The van der Waals surface area contributed by atoms with E-state index in [4.69, 9.17) is 0 Å². The summed E-state index contributed by atoms with van der Waals surface area (Å²) in [6.45, 7) is 4.28. The Kier molecular flexibility index (Phi) is 8.83. The van der Waals surface area contributed by atoms with Gasteiger partial charge in [-0.05, 0) is 18.9 Å². The van der Waals surface area contributed by atoms with Gasteiger partial charge in [0.05, 0.1) is 0 Å². The van der Waals surface area contributed by atoms with Gasteiger partial charge in [-0.2, -0.15) is 0 Å². The normalized spacial score (nSPS) is 7.82. The van der Waals surface area contributed by atoms with E-state index in [0.717, 1.165) is 6.42 Å². The molecule has 11 heavy (non-hydrogen) atoms. The molecule has 0 aliphatic rings. The summed E-state index contributed by atoms with van der Waals surface area (Å²) in [5.74, 6) is 0. The van der Waals surface area contributed by atoms with Gasteiger partial charge < -0.3 is 7.43 Å². The van der Waals surface area contributed by atoms with Crippen LogP contribution in [-0.2, 0) is 39.1 Å². The average Bonchev–Trinajstić information content (AvgIpc) is 1.90. The molecule has 0 spiro atoms. The third-order valence-electron chi connectivity index (χ3n) is 1.53. The smallest absolute Gasteiger partial charge is 0 e. The first-order valence-electron chi connectivity index (χ1n) is 3.38. The van der Waals surface area contributed by atoms with E-state index in [9.17, 15) is 0 Å². The second kappa shape index (κ2) is 7.00. The predicted octanol–water partition coefficient (Wildman–Crippen LogP) is 3.01. The molecule has 1 aromatic rings. The van der Waals surface area contributed by atoms with Gasteiger partial charge >= 0.3 is 0 Å². The summed E-state index contributed by atoms with van der Waals surface area (Å²) in [6, 6.07) is 8.66. The van der Waals surface area contributed by atoms with E-state index in [1.165, 1.54) is 11.1 Å². The molecule has 0 aromatic heterocycles. The zero-order valence-electron chi connectivity index (χ0n) is 7.59. The Morgan fingerprint density at radius 1 is 1.09 bits per heavy atom. The molecule has 0 heterocycles. The van der Waals surface area contributed by atoms with Gasteiger partial charge in [-0.1, -0.05) is 36.8 Å². The van der Waals surface area contributed by atoms with E-state index in [-0.39, 0.29) is 40.1 Å². The van der Waals surface area contributed by atoms with Crippen LogP contribution in [0.15, 0.2) is 24.3 Å². The second-order valence-corrected chi connectivity index (χ2v) is 2.34. The van der Waals surface area contributed by atoms with Crippen LogP contribution >= 0.6 is 0 Å². The monoisotopic (exact) mass is 224 g/mol. The van der Waals surface area contributed by atoms with Crippen molar-refractivity contribution in [3.8, 4) is 0 Å². The van der Waals surface area contributed by atoms with Crippen LogP contribution < -0.4 is 0 Å². The van der Waals surface area contributed by atoms with Gasteiger partial charge in [0.1, 0.15) is 0 Å². The molecule has 1 heteroatoms. The van der Waals surface area contributed by atoms with Crippen LogP contribution in [0.2, 0.25) is 0 Å². The predicted molar refractivity (Wildman–Crippen MR) is 47.0 cm³/mol. The number of rotatable bonds is 1. The van der Waals surface area contributed by atoms with E-state index in [1.54, 1.807) is 0 Å². The van der Waals surface area contributed by atoms with E-state index in [0.29, 0.717) is 0 Å². The summed E-state index contributed by atoms with van der Waals surface area (Å²) in [7, 11) is 0. The molecule has 0 unspecified atom stereocenters. The number of hydrogen-bond donors (Lipinski definition) is 0. The summed E-state index contributed by atoms with van der Waals surface area (Å²) >= 11 is 0. The molecular weight excluding hydrogens is 209 g/mol. The maximum Gasteiger partial charge on any atom is 0 e. The molecule has 0 bridgehead atoms. The van der Waals surface area contributed by atoms with Crippen molar-refractivity contribution in [2.45, 2.75) is 20.3 Å². The first-order chi connectivity index (χ1) is 4.33. The molecule has 59 valence electrons. The molecule has 1 rings (SSSR count). The molecular formula is C10H15Y-. The Balaban J connectivity index is 0. The second-order valence-electron chi connectivity index (χ2n) is 2.34. The summed E-state index contributed by atoms with van der Waals surface area (Å²) in [5.41, 5.74) is 2.76. The van der Waals surface area contributed by atoms with E-state index in [1.807, 2.05) is 0 Å². The standard InChI is InChI=1S/C9H12.CH3.Y/c1-3-9-6-4-8(2)5-7-9;;/h4-7H,3H2,1-2H3;1H3;/q;-1;. The largest absolute Gasteiger partial charge is 0.358 e. The summed E-state index contributed by atoms with van der Waals surface area (Å²) in [6.07, 6.45) is 1.14. The van der Waals surface area contributed by atoms with Crippen molar-refractivity contribution in [2.24, 2.45) is 0 Å². The van der Waals surface area contributed by atoms with Crippen molar-refractivity contribution in [1.29, 1.82) is 0 Å². The van der Waals surface area contributed by atoms with Gasteiger partial charge in [-0.15, -0.1) is 0 Å². The van der Waals surface area contributed by atoms with Crippen LogP contribution in [-0.4, -0.2) is 0 Å². The molecule has 0 saturated carbocycles. The van der Waals surface area contributed by atoms with E-state index >= 15 is 0 Å². The molecule has 0 atom stereocenters. The zero-order valence-corrected chi connectivity index (χ0v) is 10.4. The topological polar surface area (TPSA) is 0 Å². The molecule has 0 nitrogen and oxygen atoms in total. The van der Waals surface area contributed by atoms with Gasteiger partial charge in [0.15, 0.2) is 0 Å². The fourth-order valence-corrected chi connectivity index (χ4v) is 0.824. The molecule has 0 fully saturated rings. The van der Waals surface area contributed by atoms with Crippen molar-refractivity contribution in [3.63, 3.8) is 0 Å². The number of benzene rings is 1. The van der Waals surface area contributed by atoms with Gasteiger partial charge in [-0.3, -0.25) is 0 Å². The van der Waals surface area contributed by atoms with Crippen molar-refractivity contribution >= 4 is 0 Å². The average molecular weight is 224 g/mol. The molecule has 0 N–H and O–H groups in total. The van der Waals surface area contributed by atoms with Crippen LogP contribution in [0.1, 0.15) is 18.1 Å². The molecule has 1 radical (unpaired) electrons. The molecule has 0 aliphatic heterocycles. The van der Waals surface area contributed by atoms with Gasteiger partial charge in [0.2, 0.25) is 0 Å². The Morgan fingerprint density at radius 3 is 1.91 bits per heavy atom. The van der Waals surface area contributed by atoms with Crippen LogP contribution in [0.4, 0.5) is 0 Å². The van der Waals surface area contributed by atoms with Crippen molar-refractivity contribution in [1.82, 2.24) is 0 Å². The summed E-state index contributed by atoms with van der Waals surface area (Å²) in [5, 5.41) is 0. The van der Waals surface area contributed by atoms with Gasteiger partial charge in [-0.25, -0.2) is 0 Å². The van der Waals surface area contributed by atoms with Crippen molar-refractivity contribution in [2.75, 3.05) is 0 Å². The summed E-state index contributed by atoms with van der Waals surface area (Å²) in [4.78, 5) is 0. The summed E-state index contributed by atoms with van der Waals surface area (Å²) < 4.78 is 0. The molecule has 0 saturated heterocycles. The van der Waals surface area contributed by atoms with Crippen LogP contribution in [0.5, 0.6) is 0 Å². The third kappa shape index (κ3) is 4.71.